The number of fused-ring (bicyclic) bond motifs is 1. The van der Waals surface area contributed by atoms with Crippen molar-refractivity contribution in [3.8, 4) is 16.9 Å². The number of amides is 1. The number of hydrogen-bond acceptors (Lipinski definition) is 5. The van der Waals surface area contributed by atoms with Crippen LogP contribution in [0.3, 0.4) is 0 Å². The first-order chi connectivity index (χ1) is 16.5. The van der Waals surface area contributed by atoms with Gasteiger partial charge in [0.25, 0.3) is 5.91 Å². The second-order valence-corrected chi connectivity index (χ2v) is 8.69. The molecule has 7 nitrogen and oxygen atoms in total. The van der Waals surface area contributed by atoms with E-state index in [4.69, 9.17) is 10.5 Å². The molecular weight excluding hydrogens is 426 g/mol. The molecule has 0 saturated heterocycles. The van der Waals surface area contributed by atoms with E-state index in [1.807, 2.05) is 62.6 Å². The highest BCUT2D eigenvalue weighted by Gasteiger charge is 2.16. The number of nitrogens with two attached hydrogens (primary N) is 1. The van der Waals surface area contributed by atoms with Crippen molar-refractivity contribution in [3.05, 3.63) is 89.4 Å². The molecule has 1 atom stereocenters. The van der Waals surface area contributed by atoms with Crippen LogP contribution in [0.25, 0.3) is 11.1 Å². The minimum absolute atomic E-state index is 0.113. The Balaban J connectivity index is 1.31. The molecular formula is C27H27N5O2. The summed E-state index contributed by atoms with van der Waals surface area (Å²) in [4.78, 5) is 17.1. The van der Waals surface area contributed by atoms with Gasteiger partial charge in [0.2, 0.25) is 0 Å². The van der Waals surface area contributed by atoms with Gasteiger partial charge in [-0.15, -0.1) is 0 Å². The zero-order valence-corrected chi connectivity index (χ0v) is 19.3. The standard InChI is InChI=1S/C27H27N5O2/c1-17(34-25-13-22(14-29-26(25)28)23-15-30-32(2)16-23)19-6-4-8-24(12-19)31-27(33)21-10-9-18-5-3-7-20(18)11-21/h4,6,8-17H,3,5,7H2,1-2H3,(H2,28,29)(H,31,33)/t17-/m1/s1. The zero-order chi connectivity index (χ0) is 23.7. The van der Waals surface area contributed by atoms with Gasteiger partial charge in [0, 0.05) is 41.8 Å². The smallest absolute Gasteiger partial charge is 0.255 e. The molecule has 172 valence electrons. The number of nitrogen functional groups attached to an aromatic ring is 1. The normalized spacial score (nSPS) is 13.4. The van der Waals surface area contributed by atoms with E-state index in [1.54, 1.807) is 17.1 Å². The Morgan fingerprint density at radius 1 is 1.09 bits per heavy atom. The number of nitrogens with zero attached hydrogens (tertiary/aromatic N) is 3. The number of rotatable bonds is 6. The van der Waals surface area contributed by atoms with Gasteiger partial charge in [-0.2, -0.15) is 5.10 Å². The molecule has 0 saturated carbocycles. The van der Waals surface area contributed by atoms with Crippen molar-refractivity contribution in [2.24, 2.45) is 7.05 Å². The van der Waals surface area contributed by atoms with Crippen LogP contribution in [0.4, 0.5) is 11.5 Å². The Hall–Kier alpha value is -4.13. The topological polar surface area (TPSA) is 95.1 Å². The Kier molecular flexibility index (Phi) is 5.76. The maximum absolute atomic E-state index is 12.8. The molecule has 0 unspecified atom stereocenters. The maximum atomic E-state index is 12.8. The Labute approximate surface area is 198 Å². The Bertz CT molecular complexity index is 1360. The molecule has 4 aromatic rings. The van der Waals surface area contributed by atoms with Crippen LogP contribution >= 0.6 is 0 Å². The van der Waals surface area contributed by atoms with Crippen LogP contribution in [-0.4, -0.2) is 20.7 Å². The van der Waals surface area contributed by atoms with Gasteiger partial charge in [-0.05, 0) is 73.2 Å². The minimum Gasteiger partial charge on any atom is -0.482 e. The molecule has 2 heterocycles. The summed E-state index contributed by atoms with van der Waals surface area (Å²) in [6, 6.07) is 15.5. The fraction of sp³-hybridized carbons (Fsp3) is 0.222. The van der Waals surface area contributed by atoms with E-state index in [2.05, 4.69) is 21.5 Å². The molecule has 34 heavy (non-hydrogen) atoms. The molecule has 0 bridgehead atoms. The zero-order valence-electron chi connectivity index (χ0n) is 19.3. The molecule has 5 rings (SSSR count). The number of anilines is 2. The van der Waals surface area contributed by atoms with Gasteiger partial charge in [0.15, 0.2) is 11.6 Å². The molecule has 0 aliphatic heterocycles. The van der Waals surface area contributed by atoms with Crippen molar-refractivity contribution in [3.63, 3.8) is 0 Å². The van der Waals surface area contributed by atoms with Crippen LogP contribution < -0.4 is 15.8 Å². The average Bonchev–Trinajstić information content (AvgIpc) is 3.49. The fourth-order valence-corrected chi connectivity index (χ4v) is 4.32. The quantitative estimate of drug-likeness (QED) is 0.431. The van der Waals surface area contributed by atoms with Gasteiger partial charge >= 0.3 is 0 Å². The molecule has 7 heteroatoms. The van der Waals surface area contributed by atoms with Crippen LogP contribution in [0.2, 0.25) is 0 Å². The minimum atomic E-state index is -0.301. The van der Waals surface area contributed by atoms with Crippen molar-refractivity contribution in [1.29, 1.82) is 0 Å². The van der Waals surface area contributed by atoms with Crippen molar-refractivity contribution < 1.29 is 9.53 Å². The predicted molar refractivity (Wildman–Crippen MR) is 133 cm³/mol. The third-order valence-electron chi connectivity index (χ3n) is 6.20. The molecule has 0 fully saturated rings. The number of ether oxygens (including phenoxy) is 1. The highest BCUT2D eigenvalue weighted by atomic mass is 16.5. The number of aryl methyl sites for hydroxylation is 3. The number of hydrogen-bond donors (Lipinski definition) is 2. The van der Waals surface area contributed by atoms with Crippen LogP contribution in [0.5, 0.6) is 5.75 Å². The molecule has 1 amide bonds. The third-order valence-corrected chi connectivity index (χ3v) is 6.20. The summed E-state index contributed by atoms with van der Waals surface area (Å²) in [5, 5.41) is 7.22. The van der Waals surface area contributed by atoms with Crippen molar-refractivity contribution >= 4 is 17.4 Å². The van der Waals surface area contributed by atoms with E-state index in [9.17, 15) is 4.79 Å². The van der Waals surface area contributed by atoms with Crippen molar-refractivity contribution in [2.75, 3.05) is 11.1 Å². The van der Waals surface area contributed by atoms with Crippen LogP contribution in [0.15, 0.2) is 67.1 Å². The first-order valence-electron chi connectivity index (χ1n) is 11.4. The lowest BCUT2D eigenvalue weighted by Gasteiger charge is -2.18. The van der Waals surface area contributed by atoms with Crippen molar-refractivity contribution in [2.45, 2.75) is 32.3 Å². The van der Waals surface area contributed by atoms with E-state index < -0.39 is 0 Å². The number of carbonyl (C=O) groups excluding carboxylic acids is 1. The summed E-state index contributed by atoms with van der Waals surface area (Å²) in [7, 11) is 1.86. The molecule has 2 aromatic carbocycles. The second-order valence-electron chi connectivity index (χ2n) is 8.69. The Morgan fingerprint density at radius 3 is 2.76 bits per heavy atom. The largest absolute Gasteiger partial charge is 0.482 e. The summed E-state index contributed by atoms with van der Waals surface area (Å²) < 4.78 is 7.90. The lowest BCUT2D eigenvalue weighted by Crippen LogP contribution is -2.13. The van der Waals surface area contributed by atoms with Gasteiger partial charge < -0.3 is 15.8 Å². The predicted octanol–water partition coefficient (Wildman–Crippen LogP) is 4.95. The van der Waals surface area contributed by atoms with Gasteiger partial charge in [-0.1, -0.05) is 18.2 Å². The highest BCUT2D eigenvalue weighted by Crippen LogP contribution is 2.31. The van der Waals surface area contributed by atoms with E-state index in [1.165, 1.54) is 11.1 Å². The van der Waals surface area contributed by atoms with E-state index in [0.717, 1.165) is 36.0 Å². The number of benzene rings is 2. The summed E-state index contributed by atoms with van der Waals surface area (Å²) >= 11 is 0. The third kappa shape index (κ3) is 4.50. The number of pyridine rings is 1. The average molecular weight is 454 g/mol. The maximum Gasteiger partial charge on any atom is 0.255 e. The summed E-state index contributed by atoms with van der Waals surface area (Å²) in [5.74, 6) is 0.708. The van der Waals surface area contributed by atoms with Gasteiger partial charge in [-0.3, -0.25) is 9.48 Å². The van der Waals surface area contributed by atoms with Gasteiger partial charge in [-0.25, -0.2) is 4.98 Å². The molecule has 2 aromatic heterocycles. The van der Waals surface area contributed by atoms with Gasteiger partial charge in [0.05, 0.1) is 6.20 Å². The lowest BCUT2D eigenvalue weighted by molar-refractivity contribution is 0.102. The molecule has 3 N–H and O–H groups in total. The monoisotopic (exact) mass is 453 g/mol. The second kappa shape index (κ2) is 9.02. The molecule has 0 radical (unpaired) electrons. The highest BCUT2D eigenvalue weighted by molar-refractivity contribution is 6.04. The first kappa shape index (κ1) is 21.7. The summed E-state index contributed by atoms with van der Waals surface area (Å²) in [6.45, 7) is 1.94. The van der Waals surface area contributed by atoms with Crippen LogP contribution in [-0.2, 0) is 19.9 Å². The van der Waals surface area contributed by atoms with Crippen molar-refractivity contribution in [1.82, 2.24) is 14.8 Å². The SMILES string of the molecule is C[C@@H](Oc1cc(-c2cnn(C)c2)cnc1N)c1cccc(NC(=O)c2ccc3c(c2)CCC3)c1. The Morgan fingerprint density at radius 2 is 1.94 bits per heavy atom. The summed E-state index contributed by atoms with van der Waals surface area (Å²) in [5.41, 5.74) is 12.8. The van der Waals surface area contributed by atoms with Crippen LogP contribution in [0, 0.1) is 0 Å². The number of aromatic nitrogens is 3. The summed E-state index contributed by atoms with van der Waals surface area (Å²) in [6.07, 6.45) is 8.39. The molecule has 1 aliphatic carbocycles. The van der Waals surface area contributed by atoms with Gasteiger partial charge in [0.1, 0.15) is 6.10 Å². The van der Waals surface area contributed by atoms with E-state index in [0.29, 0.717) is 22.8 Å². The molecule has 0 spiro atoms. The molecule has 1 aliphatic rings. The fourth-order valence-electron chi connectivity index (χ4n) is 4.32. The number of nitrogens with one attached hydrogen (secondary N) is 1. The lowest BCUT2D eigenvalue weighted by atomic mass is 10.1. The number of carbonyl (C=O) groups is 1. The van der Waals surface area contributed by atoms with Crippen LogP contribution in [0.1, 0.15) is 46.5 Å². The first-order valence-corrected chi connectivity index (χ1v) is 11.4. The van der Waals surface area contributed by atoms with E-state index >= 15 is 0 Å². The van der Waals surface area contributed by atoms with E-state index in [-0.39, 0.29) is 12.0 Å².